The molecule has 3 aliphatic heterocycles. The number of benzene rings is 1. The molecule has 0 radical (unpaired) electrons. The van der Waals surface area contributed by atoms with Gasteiger partial charge in [0.25, 0.3) is 0 Å². The number of H-pyrrole nitrogens is 1. The summed E-state index contributed by atoms with van der Waals surface area (Å²) in [5, 5.41) is 1.44. The molecular formula is C22H29N3. The number of aromatic nitrogens is 1. The SMILES string of the molecule is CN1CCC[C@H]1Cc1c[nH]c2ccc(C3=C[C@@H]4CCCN4CC3)cc12. The van der Waals surface area contributed by atoms with Gasteiger partial charge in [0, 0.05) is 35.7 Å². The summed E-state index contributed by atoms with van der Waals surface area (Å²) in [5.74, 6) is 0. The highest BCUT2D eigenvalue weighted by molar-refractivity contribution is 5.87. The molecule has 5 rings (SSSR count). The molecule has 0 bridgehead atoms. The van der Waals surface area contributed by atoms with Gasteiger partial charge >= 0.3 is 0 Å². The summed E-state index contributed by atoms with van der Waals surface area (Å²) in [6.45, 7) is 3.79. The minimum absolute atomic E-state index is 0.692. The zero-order valence-corrected chi connectivity index (χ0v) is 15.3. The molecule has 2 aromatic rings. The Hall–Kier alpha value is -1.58. The maximum absolute atomic E-state index is 3.50. The van der Waals surface area contributed by atoms with Gasteiger partial charge in [-0.1, -0.05) is 12.1 Å². The van der Waals surface area contributed by atoms with Gasteiger partial charge in [0.15, 0.2) is 0 Å². The topological polar surface area (TPSA) is 22.3 Å². The van der Waals surface area contributed by atoms with Crippen molar-refractivity contribution in [3.63, 3.8) is 0 Å². The van der Waals surface area contributed by atoms with E-state index in [1.807, 2.05) is 0 Å². The lowest BCUT2D eigenvalue weighted by atomic mass is 9.94. The van der Waals surface area contributed by atoms with Crippen molar-refractivity contribution in [2.75, 3.05) is 26.7 Å². The predicted octanol–water partition coefficient (Wildman–Crippen LogP) is 4.06. The Balaban J connectivity index is 1.45. The molecule has 0 amide bonds. The minimum Gasteiger partial charge on any atom is -0.361 e. The van der Waals surface area contributed by atoms with Crippen molar-refractivity contribution in [3.8, 4) is 0 Å². The standard InChI is InChI=1S/C22H29N3/c1-24-9-2-4-19(24)13-18-15-23-22-7-6-16(14-21(18)22)17-8-11-25-10-3-5-20(25)12-17/h6-7,12,14-15,19-20,23H,2-5,8-11,13H2,1H3/t19-,20-/m0/s1. The summed E-state index contributed by atoms with van der Waals surface area (Å²) in [7, 11) is 2.28. The summed E-state index contributed by atoms with van der Waals surface area (Å²) in [6, 6.07) is 8.46. The van der Waals surface area contributed by atoms with Crippen LogP contribution in [0.4, 0.5) is 0 Å². The van der Waals surface area contributed by atoms with Crippen molar-refractivity contribution >= 4 is 16.5 Å². The van der Waals surface area contributed by atoms with Gasteiger partial charge < -0.3 is 9.88 Å². The molecule has 3 aliphatic rings. The molecule has 2 saturated heterocycles. The molecule has 0 saturated carbocycles. The van der Waals surface area contributed by atoms with Crippen LogP contribution in [0.2, 0.25) is 0 Å². The van der Waals surface area contributed by atoms with Crippen molar-refractivity contribution in [1.29, 1.82) is 0 Å². The van der Waals surface area contributed by atoms with Crippen molar-refractivity contribution in [3.05, 3.63) is 41.6 Å². The molecule has 0 unspecified atom stereocenters. The lowest BCUT2D eigenvalue weighted by Crippen LogP contribution is -2.32. The van der Waals surface area contributed by atoms with Crippen molar-refractivity contribution in [2.45, 2.75) is 50.6 Å². The van der Waals surface area contributed by atoms with E-state index in [1.165, 1.54) is 80.2 Å². The fourth-order valence-electron chi connectivity index (χ4n) is 5.18. The number of nitrogens with zero attached hydrogens (tertiary/aromatic N) is 2. The second-order valence-electron chi connectivity index (χ2n) is 8.24. The number of hydrogen-bond acceptors (Lipinski definition) is 2. The number of hydrogen-bond donors (Lipinski definition) is 1. The Kier molecular flexibility index (Phi) is 3.94. The second-order valence-corrected chi connectivity index (χ2v) is 8.24. The molecule has 1 aromatic carbocycles. The number of likely N-dealkylation sites (tertiary alicyclic amines) is 1. The molecule has 1 N–H and O–H groups in total. The maximum atomic E-state index is 3.50. The summed E-state index contributed by atoms with van der Waals surface area (Å²) in [5.41, 5.74) is 5.79. The lowest BCUT2D eigenvalue weighted by molar-refractivity contribution is 0.288. The molecule has 132 valence electrons. The highest BCUT2D eigenvalue weighted by Gasteiger charge is 2.27. The van der Waals surface area contributed by atoms with Crippen LogP contribution in [0, 0.1) is 0 Å². The summed E-state index contributed by atoms with van der Waals surface area (Å²) in [4.78, 5) is 8.68. The Morgan fingerprint density at radius 1 is 1.12 bits per heavy atom. The van der Waals surface area contributed by atoms with E-state index in [1.54, 1.807) is 5.57 Å². The third kappa shape index (κ3) is 2.84. The molecule has 0 aliphatic carbocycles. The van der Waals surface area contributed by atoms with Crippen LogP contribution < -0.4 is 0 Å². The van der Waals surface area contributed by atoms with Crippen molar-refractivity contribution < 1.29 is 0 Å². The van der Waals surface area contributed by atoms with Crippen LogP contribution in [0.25, 0.3) is 16.5 Å². The smallest absolute Gasteiger partial charge is 0.0457 e. The average molecular weight is 335 g/mol. The van der Waals surface area contributed by atoms with Gasteiger partial charge in [-0.2, -0.15) is 0 Å². The fourth-order valence-corrected chi connectivity index (χ4v) is 5.18. The maximum Gasteiger partial charge on any atom is 0.0457 e. The van der Waals surface area contributed by atoms with Crippen LogP contribution in [-0.2, 0) is 6.42 Å². The second kappa shape index (κ2) is 6.30. The first-order valence-corrected chi connectivity index (χ1v) is 10.0. The van der Waals surface area contributed by atoms with Gasteiger partial charge in [-0.15, -0.1) is 0 Å². The summed E-state index contributed by atoms with van der Waals surface area (Å²) in [6.07, 6.45) is 12.6. The van der Waals surface area contributed by atoms with Gasteiger partial charge in [0.2, 0.25) is 0 Å². The van der Waals surface area contributed by atoms with Crippen LogP contribution in [0.5, 0.6) is 0 Å². The first kappa shape index (κ1) is 15.7. The molecule has 3 heteroatoms. The van der Waals surface area contributed by atoms with E-state index in [9.17, 15) is 0 Å². The molecule has 3 nitrogen and oxygen atoms in total. The highest BCUT2D eigenvalue weighted by Crippen LogP contribution is 2.33. The van der Waals surface area contributed by atoms with Gasteiger partial charge in [-0.25, -0.2) is 0 Å². The number of aromatic amines is 1. The molecule has 2 atom stereocenters. The Labute approximate surface area is 150 Å². The molecule has 0 spiro atoms. The van der Waals surface area contributed by atoms with Crippen LogP contribution >= 0.6 is 0 Å². The fraction of sp³-hybridized carbons (Fsp3) is 0.545. The molecular weight excluding hydrogens is 306 g/mol. The first-order chi connectivity index (χ1) is 12.3. The van der Waals surface area contributed by atoms with Crippen molar-refractivity contribution in [2.24, 2.45) is 0 Å². The molecule has 25 heavy (non-hydrogen) atoms. The van der Waals surface area contributed by atoms with E-state index in [2.05, 4.69) is 52.3 Å². The zero-order valence-electron chi connectivity index (χ0n) is 15.3. The summed E-state index contributed by atoms with van der Waals surface area (Å²) < 4.78 is 0. The Morgan fingerprint density at radius 3 is 2.92 bits per heavy atom. The Morgan fingerprint density at radius 2 is 2.04 bits per heavy atom. The van der Waals surface area contributed by atoms with Gasteiger partial charge in [-0.3, -0.25) is 4.90 Å². The largest absolute Gasteiger partial charge is 0.361 e. The van der Waals surface area contributed by atoms with E-state index in [4.69, 9.17) is 0 Å². The predicted molar refractivity (Wildman–Crippen MR) is 105 cm³/mol. The number of rotatable bonds is 3. The van der Waals surface area contributed by atoms with Gasteiger partial charge in [-0.05, 0) is 87.5 Å². The zero-order chi connectivity index (χ0) is 16.8. The van der Waals surface area contributed by atoms with Crippen molar-refractivity contribution in [1.82, 2.24) is 14.8 Å². The minimum atomic E-state index is 0.692. The Bertz CT molecular complexity index is 803. The monoisotopic (exact) mass is 335 g/mol. The van der Waals surface area contributed by atoms with Gasteiger partial charge in [0.1, 0.15) is 0 Å². The van der Waals surface area contributed by atoms with Crippen LogP contribution in [0.1, 0.15) is 43.2 Å². The molecule has 2 fully saturated rings. The first-order valence-electron chi connectivity index (χ1n) is 10.0. The van der Waals surface area contributed by atoms with Gasteiger partial charge in [0.05, 0.1) is 0 Å². The molecule has 4 heterocycles. The third-order valence-corrected chi connectivity index (χ3v) is 6.74. The number of fused-ring (bicyclic) bond motifs is 2. The van der Waals surface area contributed by atoms with E-state index < -0.39 is 0 Å². The van der Waals surface area contributed by atoms with E-state index >= 15 is 0 Å². The quantitative estimate of drug-likeness (QED) is 0.914. The summed E-state index contributed by atoms with van der Waals surface area (Å²) >= 11 is 0. The molecule has 1 aromatic heterocycles. The van der Waals surface area contributed by atoms with E-state index in [-0.39, 0.29) is 0 Å². The van der Waals surface area contributed by atoms with Crippen LogP contribution in [-0.4, -0.2) is 53.5 Å². The normalized spacial score (nSPS) is 27.8. The third-order valence-electron chi connectivity index (χ3n) is 6.74. The number of nitrogens with one attached hydrogen (secondary N) is 1. The number of likely N-dealkylation sites (N-methyl/N-ethyl adjacent to an activating group) is 1. The van der Waals surface area contributed by atoms with E-state index in [0.29, 0.717) is 12.1 Å². The lowest BCUT2D eigenvalue weighted by Gasteiger charge is -2.28. The van der Waals surface area contributed by atoms with Crippen LogP contribution in [0.15, 0.2) is 30.5 Å². The van der Waals surface area contributed by atoms with E-state index in [0.717, 1.165) is 0 Å². The average Bonchev–Trinajstić information content (AvgIpc) is 3.35. The highest BCUT2D eigenvalue weighted by atomic mass is 15.2. The van der Waals surface area contributed by atoms with Crippen LogP contribution in [0.3, 0.4) is 0 Å².